The molecule has 2 rings (SSSR count). The van der Waals surface area contributed by atoms with E-state index >= 15 is 0 Å². The standard InChI is InChI=1S/C19H38N2/c1-15(2)12-18-6-5-7-19(13-18)21(16(3)4)14-17-8-10-20-11-9-17/h15-20H,5-14H2,1-4H3. The molecule has 124 valence electrons. The van der Waals surface area contributed by atoms with Crippen LogP contribution < -0.4 is 5.32 Å². The summed E-state index contributed by atoms with van der Waals surface area (Å²) in [5, 5.41) is 3.51. The smallest absolute Gasteiger partial charge is 0.0101 e. The van der Waals surface area contributed by atoms with Crippen molar-refractivity contribution in [1.82, 2.24) is 10.2 Å². The van der Waals surface area contributed by atoms with Gasteiger partial charge < -0.3 is 5.32 Å². The van der Waals surface area contributed by atoms with Gasteiger partial charge in [-0.3, -0.25) is 4.90 Å². The molecule has 1 aliphatic carbocycles. The average Bonchev–Trinajstić information content (AvgIpc) is 2.45. The van der Waals surface area contributed by atoms with Crippen LogP contribution in [0, 0.1) is 17.8 Å². The molecule has 2 unspecified atom stereocenters. The van der Waals surface area contributed by atoms with Crippen LogP contribution in [-0.4, -0.2) is 36.6 Å². The molecule has 0 bridgehead atoms. The Morgan fingerprint density at radius 2 is 1.67 bits per heavy atom. The molecule has 1 saturated heterocycles. The van der Waals surface area contributed by atoms with Crippen molar-refractivity contribution in [3.05, 3.63) is 0 Å². The van der Waals surface area contributed by atoms with Gasteiger partial charge in [0.05, 0.1) is 0 Å². The Balaban J connectivity index is 1.90. The van der Waals surface area contributed by atoms with Crippen LogP contribution in [0.3, 0.4) is 0 Å². The van der Waals surface area contributed by atoms with Crippen molar-refractivity contribution in [3.63, 3.8) is 0 Å². The van der Waals surface area contributed by atoms with E-state index < -0.39 is 0 Å². The quantitative estimate of drug-likeness (QED) is 0.785. The zero-order valence-electron chi connectivity index (χ0n) is 14.9. The third kappa shape index (κ3) is 5.56. The number of nitrogens with zero attached hydrogens (tertiary/aromatic N) is 1. The Kier molecular flexibility index (Phi) is 7.01. The lowest BCUT2D eigenvalue weighted by Gasteiger charge is -2.42. The van der Waals surface area contributed by atoms with Gasteiger partial charge in [0.1, 0.15) is 0 Å². The molecule has 0 aromatic heterocycles. The molecule has 1 heterocycles. The van der Waals surface area contributed by atoms with E-state index in [0.717, 1.165) is 23.8 Å². The monoisotopic (exact) mass is 294 g/mol. The molecule has 2 atom stereocenters. The molecule has 2 fully saturated rings. The number of hydrogen-bond acceptors (Lipinski definition) is 2. The Morgan fingerprint density at radius 3 is 2.29 bits per heavy atom. The molecule has 21 heavy (non-hydrogen) atoms. The third-order valence-electron chi connectivity index (χ3n) is 5.62. The second kappa shape index (κ2) is 8.53. The second-order valence-corrected chi connectivity index (χ2v) is 8.30. The van der Waals surface area contributed by atoms with Gasteiger partial charge in [-0.2, -0.15) is 0 Å². The highest BCUT2D eigenvalue weighted by Gasteiger charge is 2.30. The van der Waals surface area contributed by atoms with Gasteiger partial charge in [-0.1, -0.05) is 26.7 Å². The first-order chi connectivity index (χ1) is 10.1. The summed E-state index contributed by atoms with van der Waals surface area (Å²) in [6.07, 6.45) is 10.0. The maximum Gasteiger partial charge on any atom is 0.0101 e. The van der Waals surface area contributed by atoms with Gasteiger partial charge in [0.15, 0.2) is 0 Å². The summed E-state index contributed by atoms with van der Waals surface area (Å²) in [6.45, 7) is 13.4. The van der Waals surface area contributed by atoms with Crippen LogP contribution in [0.4, 0.5) is 0 Å². The van der Waals surface area contributed by atoms with Crippen molar-refractivity contribution < 1.29 is 0 Å². The lowest BCUT2D eigenvalue weighted by molar-refractivity contribution is 0.0717. The molecule has 0 amide bonds. The summed E-state index contributed by atoms with van der Waals surface area (Å²) in [4.78, 5) is 2.86. The van der Waals surface area contributed by atoms with Gasteiger partial charge in [0, 0.05) is 18.6 Å². The first-order valence-corrected chi connectivity index (χ1v) is 9.52. The van der Waals surface area contributed by atoms with Crippen LogP contribution in [0.2, 0.25) is 0 Å². The van der Waals surface area contributed by atoms with Crippen LogP contribution in [0.15, 0.2) is 0 Å². The van der Waals surface area contributed by atoms with Gasteiger partial charge in [-0.05, 0) is 76.8 Å². The number of hydrogen-bond donors (Lipinski definition) is 1. The van der Waals surface area contributed by atoms with E-state index in [0.29, 0.717) is 6.04 Å². The van der Waals surface area contributed by atoms with Gasteiger partial charge in [0.25, 0.3) is 0 Å². The normalized spacial score (nSPS) is 28.7. The Labute approximate surface area is 133 Å². The minimum atomic E-state index is 0.711. The first kappa shape index (κ1) is 17.3. The van der Waals surface area contributed by atoms with Crippen LogP contribution in [0.5, 0.6) is 0 Å². The summed E-state index contributed by atoms with van der Waals surface area (Å²) in [5.41, 5.74) is 0. The summed E-state index contributed by atoms with van der Waals surface area (Å²) in [5.74, 6) is 2.78. The van der Waals surface area contributed by atoms with Crippen molar-refractivity contribution in [3.8, 4) is 0 Å². The molecule has 0 radical (unpaired) electrons. The fourth-order valence-corrected chi connectivity index (χ4v) is 4.59. The van der Waals surface area contributed by atoms with Crippen LogP contribution in [0.25, 0.3) is 0 Å². The molecular weight excluding hydrogens is 256 g/mol. The van der Waals surface area contributed by atoms with Crippen LogP contribution in [0.1, 0.15) is 72.6 Å². The molecule has 1 aliphatic heterocycles. The topological polar surface area (TPSA) is 15.3 Å². The predicted octanol–water partition coefficient (Wildman–Crippen LogP) is 4.30. The summed E-state index contributed by atoms with van der Waals surface area (Å²) < 4.78 is 0. The molecule has 2 heteroatoms. The zero-order valence-corrected chi connectivity index (χ0v) is 14.9. The maximum atomic E-state index is 3.51. The van der Waals surface area contributed by atoms with Crippen molar-refractivity contribution in [2.45, 2.75) is 84.7 Å². The van der Waals surface area contributed by atoms with Crippen molar-refractivity contribution >= 4 is 0 Å². The Hall–Kier alpha value is -0.0800. The first-order valence-electron chi connectivity index (χ1n) is 9.52. The van der Waals surface area contributed by atoms with Crippen LogP contribution in [-0.2, 0) is 0 Å². The SMILES string of the molecule is CC(C)CC1CCCC(N(CC2CCNCC2)C(C)C)C1. The number of nitrogens with one attached hydrogen (secondary N) is 1. The number of piperidine rings is 1. The van der Waals surface area contributed by atoms with Crippen molar-refractivity contribution in [2.75, 3.05) is 19.6 Å². The largest absolute Gasteiger partial charge is 0.317 e. The molecule has 1 N–H and O–H groups in total. The van der Waals surface area contributed by atoms with E-state index in [4.69, 9.17) is 0 Å². The van der Waals surface area contributed by atoms with Gasteiger partial charge >= 0.3 is 0 Å². The summed E-state index contributed by atoms with van der Waals surface area (Å²) >= 11 is 0. The minimum Gasteiger partial charge on any atom is -0.317 e. The van der Waals surface area contributed by atoms with E-state index in [1.54, 1.807) is 0 Å². The van der Waals surface area contributed by atoms with Crippen LogP contribution >= 0.6 is 0 Å². The van der Waals surface area contributed by atoms with E-state index in [-0.39, 0.29) is 0 Å². The van der Waals surface area contributed by atoms with Crippen molar-refractivity contribution in [2.24, 2.45) is 17.8 Å². The molecule has 0 aromatic rings. The highest BCUT2D eigenvalue weighted by molar-refractivity contribution is 4.85. The molecule has 0 spiro atoms. The highest BCUT2D eigenvalue weighted by atomic mass is 15.2. The van der Waals surface area contributed by atoms with Crippen molar-refractivity contribution in [1.29, 1.82) is 0 Å². The van der Waals surface area contributed by atoms with E-state index in [2.05, 4.69) is 37.9 Å². The highest BCUT2D eigenvalue weighted by Crippen LogP contribution is 2.33. The van der Waals surface area contributed by atoms with Gasteiger partial charge in [0.2, 0.25) is 0 Å². The lowest BCUT2D eigenvalue weighted by atomic mass is 9.80. The molecule has 2 aliphatic rings. The van der Waals surface area contributed by atoms with E-state index in [9.17, 15) is 0 Å². The maximum absolute atomic E-state index is 3.51. The fourth-order valence-electron chi connectivity index (χ4n) is 4.59. The average molecular weight is 295 g/mol. The predicted molar refractivity (Wildman–Crippen MR) is 92.6 cm³/mol. The summed E-state index contributed by atoms with van der Waals surface area (Å²) in [7, 11) is 0. The third-order valence-corrected chi connectivity index (χ3v) is 5.62. The minimum absolute atomic E-state index is 0.711. The van der Waals surface area contributed by atoms with E-state index in [1.807, 2.05) is 0 Å². The lowest BCUT2D eigenvalue weighted by Crippen LogP contribution is -2.47. The van der Waals surface area contributed by atoms with E-state index in [1.165, 1.54) is 64.6 Å². The molecule has 1 saturated carbocycles. The Bertz CT molecular complexity index is 281. The van der Waals surface area contributed by atoms with Gasteiger partial charge in [-0.25, -0.2) is 0 Å². The zero-order chi connectivity index (χ0) is 15.2. The summed E-state index contributed by atoms with van der Waals surface area (Å²) in [6, 6.07) is 1.57. The fraction of sp³-hybridized carbons (Fsp3) is 1.00. The Morgan fingerprint density at radius 1 is 0.952 bits per heavy atom. The van der Waals surface area contributed by atoms with Gasteiger partial charge in [-0.15, -0.1) is 0 Å². The molecule has 2 nitrogen and oxygen atoms in total. The molecule has 0 aromatic carbocycles. The molecular formula is C19H38N2. The number of rotatable bonds is 6. The second-order valence-electron chi connectivity index (χ2n) is 8.30.